The Balaban J connectivity index is 1.74. The van der Waals surface area contributed by atoms with Crippen molar-refractivity contribution in [1.29, 1.82) is 0 Å². The minimum absolute atomic E-state index is 0.0908. The van der Waals surface area contributed by atoms with E-state index in [4.69, 9.17) is 25.2 Å². The molecule has 168 valence electrons. The lowest BCUT2D eigenvalue weighted by atomic mass is 10.2. The highest BCUT2D eigenvalue weighted by molar-refractivity contribution is 6.03. The lowest BCUT2D eigenvalue weighted by molar-refractivity contribution is 0.0997. The SMILES string of the molecule is CCOc1ccc(-c2nc(C(N)=O)c3nc(N4CCOCC4)n(-c4ccccc4)c3n2)cc1. The van der Waals surface area contributed by atoms with Gasteiger partial charge >= 0.3 is 0 Å². The van der Waals surface area contributed by atoms with Crippen molar-refractivity contribution in [3.63, 3.8) is 0 Å². The minimum Gasteiger partial charge on any atom is -0.494 e. The highest BCUT2D eigenvalue weighted by Gasteiger charge is 2.26. The number of rotatable bonds is 6. The average molecular weight is 444 g/mol. The fourth-order valence-corrected chi connectivity index (χ4v) is 3.90. The van der Waals surface area contributed by atoms with Crippen molar-refractivity contribution in [3.05, 3.63) is 60.3 Å². The van der Waals surface area contributed by atoms with Gasteiger partial charge in [0.15, 0.2) is 17.2 Å². The Kier molecular flexibility index (Phi) is 5.62. The number of nitrogens with zero attached hydrogens (tertiary/aromatic N) is 5. The molecular formula is C24H24N6O3. The van der Waals surface area contributed by atoms with Crippen molar-refractivity contribution in [3.8, 4) is 22.8 Å². The highest BCUT2D eigenvalue weighted by Crippen LogP contribution is 2.30. The van der Waals surface area contributed by atoms with E-state index in [1.54, 1.807) is 0 Å². The predicted octanol–water partition coefficient (Wildman–Crippen LogP) is 2.82. The van der Waals surface area contributed by atoms with Crippen LogP contribution < -0.4 is 15.4 Å². The second-order valence-electron chi connectivity index (χ2n) is 7.57. The molecule has 9 nitrogen and oxygen atoms in total. The number of nitrogens with two attached hydrogens (primary N) is 1. The zero-order chi connectivity index (χ0) is 22.8. The molecule has 2 aromatic heterocycles. The van der Waals surface area contributed by atoms with E-state index >= 15 is 0 Å². The Morgan fingerprint density at radius 2 is 1.76 bits per heavy atom. The number of primary amides is 1. The fraction of sp³-hybridized carbons (Fsp3) is 0.250. The van der Waals surface area contributed by atoms with E-state index in [2.05, 4.69) is 9.88 Å². The molecule has 3 heterocycles. The molecule has 1 aliphatic heterocycles. The summed E-state index contributed by atoms with van der Waals surface area (Å²) in [5.74, 6) is 1.17. The van der Waals surface area contributed by atoms with Crippen molar-refractivity contribution < 1.29 is 14.3 Å². The van der Waals surface area contributed by atoms with Crippen molar-refractivity contribution in [1.82, 2.24) is 19.5 Å². The van der Waals surface area contributed by atoms with Gasteiger partial charge in [-0.05, 0) is 43.3 Å². The maximum absolute atomic E-state index is 12.4. The molecule has 33 heavy (non-hydrogen) atoms. The number of ether oxygens (including phenoxy) is 2. The second-order valence-corrected chi connectivity index (χ2v) is 7.57. The van der Waals surface area contributed by atoms with Crippen LogP contribution in [0, 0.1) is 0 Å². The molecule has 5 rings (SSSR count). The van der Waals surface area contributed by atoms with Crippen LogP contribution in [0.1, 0.15) is 17.4 Å². The van der Waals surface area contributed by atoms with Gasteiger partial charge in [-0.25, -0.2) is 15.0 Å². The maximum Gasteiger partial charge on any atom is 0.269 e. The molecule has 1 amide bonds. The topological polar surface area (TPSA) is 108 Å². The summed E-state index contributed by atoms with van der Waals surface area (Å²) in [5.41, 5.74) is 8.36. The van der Waals surface area contributed by atoms with E-state index in [9.17, 15) is 4.79 Å². The third-order valence-electron chi connectivity index (χ3n) is 5.45. The van der Waals surface area contributed by atoms with Gasteiger partial charge in [0.2, 0.25) is 5.95 Å². The normalized spacial score (nSPS) is 13.9. The van der Waals surface area contributed by atoms with Crippen LogP contribution in [-0.2, 0) is 4.74 Å². The van der Waals surface area contributed by atoms with Crippen LogP contribution in [0.2, 0.25) is 0 Å². The van der Waals surface area contributed by atoms with Crippen LogP contribution in [-0.4, -0.2) is 58.3 Å². The lowest BCUT2D eigenvalue weighted by Crippen LogP contribution is -2.37. The van der Waals surface area contributed by atoms with Crippen LogP contribution in [0.3, 0.4) is 0 Å². The molecule has 0 saturated carbocycles. The van der Waals surface area contributed by atoms with E-state index in [1.807, 2.05) is 66.1 Å². The fourth-order valence-electron chi connectivity index (χ4n) is 3.90. The first-order chi connectivity index (χ1) is 16.2. The van der Waals surface area contributed by atoms with E-state index in [0.29, 0.717) is 55.8 Å². The maximum atomic E-state index is 12.4. The molecule has 0 spiro atoms. The summed E-state index contributed by atoms with van der Waals surface area (Å²) in [4.78, 5) is 28.7. The minimum atomic E-state index is -0.652. The van der Waals surface area contributed by atoms with E-state index in [0.717, 1.165) is 17.0 Å². The van der Waals surface area contributed by atoms with Crippen LogP contribution in [0.25, 0.3) is 28.2 Å². The number of imidazole rings is 1. The van der Waals surface area contributed by atoms with Gasteiger partial charge in [0.1, 0.15) is 11.3 Å². The Hall–Kier alpha value is -3.98. The number of carbonyl (C=O) groups is 1. The molecule has 1 aliphatic rings. The molecule has 0 aliphatic carbocycles. The van der Waals surface area contributed by atoms with Crippen molar-refractivity contribution >= 4 is 23.0 Å². The number of morpholine rings is 1. The molecule has 0 bridgehead atoms. The Morgan fingerprint density at radius 1 is 1.03 bits per heavy atom. The second kappa shape index (κ2) is 8.87. The third kappa shape index (κ3) is 3.98. The largest absolute Gasteiger partial charge is 0.494 e. The summed E-state index contributed by atoms with van der Waals surface area (Å²) in [6.45, 7) is 5.07. The molecule has 1 fully saturated rings. The first kappa shape index (κ1) is 20.9. The quantitative estimate of drug-likeness (QED) is 0.487. The first-order valence-electron chi connectivity index (χ1n) is 10.9. The number of aromatic nitrogens is 4. The van der Waals surface area contributed by atoms with E-state index in [1.165, 1.54) is 0 Å². The number of hydrogen-bond donors (Lipinski definition) is 1. The van der Waals surface area contributed by atoms with Gasteiger partial charge in [-0.1, -0.05) is 18.2 Å². The lowest BCUT2D eigenvalue weighted by Gasteiger charge is -2.28. The standard InChI is InChI=1S/C24H24N6O3/c1-2-33-18-10-8-16(9-11-18)22-26-19(21(25)31)20-23(28-22)30(17-6-4-3-5-7-17)24(27-20)29-12-14-32-15-13-29/h3-11H,2,12-15H2,1H3,(H2,25,31). The smallest absolute Gasteiger partial charge is 0.269 e. The summed E-state index contributed by atoms with van der Waals surface area (Å²) < 4.78 is 13.0. The average Bonchev–Trinajstić information content (AvgIpc) is 3.24. The van der Waals surface area contributed by atoms with Crippen LogP contribution in [0.4, 0.5) is 5.95 Å². The Labute approximate surface area is 190 Å². The number of carbonyl (C=O) groups excluding carboxylic acids is 1. The third-order valence-corrected chi connectivity index (χ3v) is 5.45. The van der Waals surface area contributed by atoms with Gasteiger partial charge in [-0.15, -0.1) is 0 Å². The number of hydrogen-bond acceptors (Lipinski definition) is 7. The Bertz CT molecular complexity index is 1280. The number of fused-ring (bicyclic) bond motifs is 1. The molecule has 1 saturated heterocycles. The zero-order valence-corrected chi connectivity index (χ0v) is 18.3. The molecule has 0 unspecified atom stereocenters. The monoisotopic (exact) mass is 444 g/mol. The summed E-state index contributed by atoms with van der Waals surface area (Å²) in [6.07, 6.45) is 0. The van der Waals surface area contributed by atoms with Crippen molar-refractivity contribution in [2.75, 3.05) is 37.8 Å². The Morgan fingerprint density at radius 3 is 2.42 bits per heavy atom. The number of amides is 1. The van der Waals surface area contributed by atoms with Gasteiger partial charge in [0.05, 0.1) is 25.5 Å². The summed E-state index contributed by atoms with van der Waals surface area (Å²) in [7, 11) is 0. The van der Waals surface area contributed by atoms with Crippen LogP contribution >= 0.6 is 0 Å². The van der Waals surface area contributed by atoms with E-state index < -0.39 is 5.91 Å². The summed E-state index contributed by atoms with van der Waals surface area (Å²) in [6, 6.07) is 17.2. The zero-order valence-electron chi connectivity index (χ0n) is 18.3. The molecule has 4 aromatic rings. The predicted molar refractivity (Wildman–Crippen MR) is 125 cm³/mol. The van der Waals surface area contributed by atoms with E-state index in [-0.39, 0.29) is 5.69 Å². The van der Waals surface area contributed by atoms with Gasteiger partial charge in [-0.3, -0.25) is 9.36 Å². The van der Waals surface area contributed by atoms with Crippen LogP contribution in [0.5, 0.6) is 5.75 Å². The van der Waals surface area contributed by atoms with Gasteiger partial charge in [0, 0.05) is 18.7 Å². The molecule has 9 heteroatoms. The van der Waals surface area contributed by atoms with Gasteiger partial charge < -0.3 is 20.1 Å². The molecule has 0 atom stereocenters. The number of anilines is 1. The molecule has 2 aromatic carbocycles. The first-order valence-corrected chi connectivity index (χ1v) is 10.9. The summed E-state index contributed by atoms with van der Waals surface area (Å²) >= 11 is 0. The highest BCUT2D eigenvalue weighted by atomic mass is 16.5. The van der Waals surface area contributed by atoms with Crippen molar-refractivity contribution in [2.45, 2.75) is 6.92 Å². The van der Waals surface area contributed by atoms with Crippen LogP contribution in [0.15, 0.2) is 54.6 Å². The van der Waals surface area contributed by atoms with Gasteiger partial charge in [0.25, 0.3) is 5.91 Å². The summed E-state index contributed by atoms with van der Waals surface area (Å²) in [5, 5.41) is 0. The van der Waals surface area contributed by atoms with Gasteiger partial charge in [-0.2, -0.15) is 0 Å². The molecular weight excluding hydrogens is 420 g/mol. The molecule has 2 N–H and O–H groups in total. The number of benzene rings is 2. The molecule has 0 radical (unpaired) electrons. The number of para-hydroxylation sites is 1. The van der Waals surface area contributed by atoms with Crippen molar-refractivity contribution in [2.24, 2.45) is 5.73 Å².